The Balaban J connectivity index is 1.74. The third-order valence-electron chi connectivity index (χ3n) is 2.78. The number of hydrogen-bond donors (Lipinski definition) is 2. The van der Waals surface area contributed by atoms with Crippen LogP contribution in [0.2, 0.25) is 0 Å². The van der Waals surface area contributed by atoms with Crippen molar-refractivity contribution in [1.29, 1.82) is 0 Å². The number of rotatable bonds is 3. The van der Waals surface area contributed by atoms with E-state index in [0.717, 1.165) is 28.7 Å². The van der Waals surface area contributed by atoms with E-state index in [1.54, 1.807) is 6.07 Å². The van der Waals surface area contributed by atoms with Gasteiger partial charge in [-0.1, -0.05) is 18.3 Å². The molecule has 2 N–H and O–H groups in total. The molecule has 5 nitrogen and oxygen atoms in total. The fourth-order valence-electron chi connectivity index (χ4n) is 1.92. The van der Waals surface area contributed by atoms with Crippen molar-refractivity contribution >= 4 is 18.0 Å². The van der Waals surface area contributed by atoms with E-state index in [0.29, 0.717) is 18.0 Å². The van der Waals surface area contributed by atoms with Gasteiger partial charge in [0.15, 0.2) is 11.5 Å². The first-order valence-electron chi connectivity index (χ1n) is 5.91. The summed E-state index contributed by atoms with van der Waals surface area (Å²) in [5.74, 6) is 3.23. The molecule has 1 aromatic heterocycles. The van der Waals surface area contributed by atoms with Crippen LogP contribution in [0, 0.1) is 11.6 Å². The van der Waals surface area contributed by atoms with Gasteiger partial charge in [0, 0.05) is 12.6 Å². The lowest BCUT2D eigenvalue weighted by molar-refractivity contribution is 0.174. The van der Waals surface area contributed by atoms with Crippen molar-refractivity contribution in [2.45, 2.75) is 13.5 Å². The van der Waals surface area contributed by atoms with Gasteiger partial charge in [-0.25, -0.2) is 4.98 Å². The van der Waals surface area contributed by atoms with Crippen LogP contribution in [0.4, 0.5) is 5.82 Å². The van der Waals surface area contributed by atoms with E-state index in [1.807, 2.05) is 25.1 Å². The zero-order valence-electron chi connectivity index (χ0n) is 10.4. The molecule has 0 amide bonds. The molecule has 2 heterocycles. The lowest BCUT2D eigenvalue weighted by Gasteiger charge is -2.08. The zero-order chi connectivity index (χ0) is 13.2. The maximum Gasteiger partial charge on any atom is 0.231 e. The van der Waals surface area contributed by atoms with Crippen molar-refractivity contribution in [3.8, 4) is 11.5 Å². The van der Waals surface area contributed by atoms with Crippen LogP contribution in [-0.4, -0.2) is 16.8 Å². The quantitative estimate of drug-likeness (QED) is 0.843. The maximum absolute atomic E-state index is 5.34. The van der Waals surface area contributed by atoms with Crippen LogP contribution in [0.3, 0.4) is 0 Å². The topological polar surface area (TPSA) is 59.2 Å². The van der Waals surface area contributed by atoms with Gasteiger partial charge in [-0.15, -0.1) is 0 Å². The average Bonchev–Trinajstić information content (AvgIpc) is 2.82. The van der Waals surface area contributed by atoms with Gasteiger partial charge in [0.05, 0.1) is 0 Å². The first-order valence-corrected chi connectivity index (χ1v) is 6.32. The fourth-order valence-corrected chi connectivity index (χ4v) is 2.18. The molecule has 2 aromatic rings. The highest BCUT2D eigenvalue weighted by molar-refractivity contribution is 7.71. The molecule has 0 spiro atoms. The van der Waals surface area contributed by atoms with Crippen molar-refractivity contribution in [2.24, 2.45) is 0 Å². The molecule has 1 aliphatic heterocycles. The predicted molar refractivity (Wildman–Crippen MR) is 74.1 cm³/mol. The second-order valence-electron chi connectivity index (χ2n) is 4.26. The molecule has 0 saturated carbocycles. The van der Waals surface area contributed by atoms with Gasteiger partial charge in [-0.3, -0.25) is 0 Å². The highest BCUT2D eigenvalue weighted by atomic mass is 32.1. The molecule has 0 fully saturated rings. The molecule has 98 valence electrons. The number of aromatic amines is 1. The fraction of sp³-hybridized carbons (Fsp3) is 0.231. The molecular formula is C13H13N3O2S. The number of fused-ring (bicyclic) bond motifs is 1. The van der Waals surface area contributed by atoms with Crippen LogP contribution in [0.5, 0.6) is 11.5 Å². The predicted octanol–water partition coefficient (Wildman–Crippen LogP) is 2.79. The minimum Gasteiger partial charge on any atom is -0.454 e. The number of nitrogens with one attached hydrogen (secondary N) is 2. The molecule has 0 atom stereocenters. The van der Waals surface area contributed by atoms with Gasteiger partial charge < -0.3 is 19.8 Å². The summed E-state index contributed by atoms with van der Waals surface area (Å²) in [4.78, 5) is 7.25. The lowest BCUT2D eigenvalue weighted by atomic mass is 10.2. The number of benzene rings is 1. The first kappa shape index (κ1) is 12.0. The number of anilines is 1. The van der Waals surface area contributed by atoms with E-state index in [1.165, 1.54) is 0 Å². The first-order chi connectivity index (χ1) is 9.20. The Kier molecular flexibility index (Phi) is 3.08. The Morgan fingerprint density at radius 2 is 2.16 bits per heavy atom. The molecule has 6 heteroatoms. The van der Waals surface area contributed by atoms with Crippen LogP contribution in [0.15, 0.2) is 24.3 Å². The Morgan fingerprint density at radius 3 is 3.00 bits per heavy atom. The Bertz CT molecular complexity index is 669. The maximum atomic E-state index is 5.34. The summed E-state index contributed by atoms with van der Waals surface area (Å²) in [5, 5.41) is 3.28. The van der Waals surface area contributed by atoms with E-state index in [4.69, 9.17) is 21.7 Å². The number of aromatic nitrogens is 2. The molecule has 0 unspecified atom stereocenters. The van der Waals surface area contributed by atoms with Gasteiger partial charge in [0.2, 0.25) is 6.79 Å². The third-order valence-corrected chi connectivity index (χ3v) is 2.99. The molecular weight excluding hydrogens is 262 g/mol. The van der Waals surface area contributed by atoms with Crippen LogP contribution >= 0.6 is 12.2 Å². The minimum atomic E-state index is 0.294. The zero-order valence-corrected chi connectivity index (χ0v) is 11.2. The molecule has 0 radical (unpaired) electrons. The Labute approximate surface area is 115 Å². The van der Waals surface area contributed by atoms with E-state index < -0.39 is 0 Å². The molecule has 0 aliphatic carbocycles. The van der Waals surface area contributed by atoms with Crippen LogP contribution in [0.1, 0.15) is 11.4 Å². The summed E-state index contributed by atoms with van der Waals surface area (Å²) in [5.41, 5.74) is 1.11. The third kappa shape index (κ3) is 2.68. The summed E-state index contributed by atoms with van der Waals surface area (Å²) in [6, 6.07) is 7.69. The van der Waals surface area contributed by atoms with Gasteiger partial charge in [0.25, 0.3) is 0 Å². The highest BCUT2D eigenvalue weighted by Gasteiger charge is 2.12. The monoisotopic (exact) mass is 275 g/mol. The van der Waals surface area contributed by atoms with E-state index in [9.17, 15) is 0 Å². The molecule has 1 aliphatic rings. The standard InChI is InChI=1S/C13H13N3O2S/c1-8-15-12(5-13(19)16-8)14-6-9-2-3-10-11(4-9)18-7-17-10/h2-5H,6-7H2,1H3,(H2,14,15,16,19). The smallest absolute Gasteiger partial charge is 0.231 e. The van der Waals surface area contributed by atoms with E-state index in [-0.39, 0.29) is 0 Å². The minimum absolute atomic E-state index is 0.294. The van der Waals surface area contributed by atoms with Gasteiger partial charge in [-0.05, 0) is 24.6 Å². The number of ether oxygens (including phenoxy) is 2. The SMILES string of the molecule is Cc1nc(=S)cc(NCc2ccc3c(c2)OCO3)[nH]1. The van der Waals surface area contributed by atoms with Crippen LogP contribution in [-0.2, 0) is 6.54 Å². The van der Waals surface area contributed by atoms with Crippen molar-refractivity contribution in [3.63, 3.8) is 0 Å². The van der Waals surface area contributed by atoms with Crippen molar-refractivity contribution in [3.05, 3.63) is 40.3 Å². The number of aryl methyl sites for hydroxylation is 1. The van der Waals surface area contributed by atoms with Crippen molar-refractivity contribution < 1.29 is 9.47 Å². The molecule has 19 heavy (non-hydrogen) atoms. The second-order valence-corrected chi connectivity index (χ2v) is 4.68. The van der Waals surface area contributed by atoms with E-state index >= 15 is 0 Å². The van der Waals surface area contributed by atoms with E-state index in [2.05, 4.69) is 15.3 Å². The molecule has 3 rings (SSSR count). The summed E-state index contributed by atoms with van der Waals surface area (Å²) in [6.45, 7) is 2.84. The van der Waals surface area contributed by atoms with Crippen LogP contribution in [0.25, 0.3) is 0 Å². The summed E-state index contributed by atoms with van der Waals surface area (Å²) >= 11 is 5.08. The normalized spacial score (nSPS) is 12.5. The van der Waals surface area contributed by atoms with Crippen LogP contribution < -0.4 is 14.8 Å². The van der Waals surface area contributed by atoms with Gasteiger partial charge >= 0.3 is 0 Å². The van der Waals surface area contributed by atoms with Crippen molar-refractivity contribution in [2.75, 3.05) is 12.1 Å². The second kappa shape index (κ2) is 4.89. The van der Waals surface area contributed by atoms with Crippen molar-refractivity contribution in [1.82, 2.24) is 9.97 Å². The summed E-state index contributed by atoms with van der Waals surface area (Å²) in [6.07, 6.45) is 0. The molecule has 1 aromatic carbocycles. The summed E-state index contributed by atoms with van der Waals surface area (Å²) < 4.78 is 11.2. The Hall–Kier alpha value is -2.08. The highest BCUT2D eigenvalue weighted by Crippen LogP contribution is 2.32. The number of H-pyrrole nitrogens is 1. The molecule has 0 saturated heterocycles. The number of hydrogen-bond acceptors (Lipinski definition) is 5. The van der Waals surface area contributed by atoms with Gasteiger partial charge in [0.1, 0.15) is 16.3 Å². The molecule has 0 bridgehead atoms. The Morgan fingerprint density at radius 1 is 1.32 bits per heavy atom. The summed E-state index contributed by atoms with van der Waals surface area (Å²) in [7, 11) is 0. The number of nitrogens with zero attached hydrogens (tertiary/aromatic N) is 1. The largest absolute Gasteiger partial charge is 0.454 e. The lowest BCUT2D eigenvalue weighted by Crippen LogP contribution is -2.03. The van der Waals surface area contributed by atoms with Gasteiger partial charge in [-0.2, -0.15) is 0 Å². The average molecular weight is 275 g/mol.